The number of aliphatic hydroxyl groups is 1. The number of nitro groups is 1. The molecule has 3 N–H and O–H groups in total. The van der Waals surface area contributed by atoms with E-state index in [1.54, 1.807) is 6.92 Å². The summed E-state index contributed by atoms with van der Waals surface area (Å²) in [6.45, 7) is 4.51. The van der Waals surface area contributed by atoms with Crippen molar-refractivity contribution < 1.29 is 23.2 Å². The Labute approximate surface area is 181 Å². The molecular formula is C21H29N3O6S. The summed E-state index contributed by atoms with van der Waals surface area (Å²) in [5.41, 5.74) is -2.06. The maximum atomic E-state index is 13.1. The molecule has 0 heterocycles. The summed E-state index contributed by atoms with van der Waals surface area (Å²) in [5, 5.41) is 24.8. The van der Waals surface area contributed by atoms with Crippen molar-refractivity contribution in [3.63, 3.8) is 0 Å². The summed E-state index contributed by atoms with van der Waals surface area (Å²) in [4.78, 5) is 23.3. The number of nitrogens with zero attached hydrogens (tertiary/aromatic N) is 1. The number of aryl methyl sites for hydroxylation is 1. The molecule has 170 valence electrons. The van der Waals surface area contributed by atoms with E-state index < -0.39 is 32.0 Å². The molecule has 31 heavy (non-hydrogen) atoms. The zero-order chi connectivity index (χ0) is 22.8. The molecule has 5 rings (SSSR count). The van der Waals surface area contributed by atoms with Crippen LogP contribution < -0.4 is 10.0 Å². The molecule has 4 bridgehead atoms. The van der Waals surface area contributed by atoms with Gasteiger partial charge >= 0.3 is 0 Å². The number of nitrogens with one attached hydrogen (secondary N) is 2. The molecule has 4 aliphatic carbocycles. The van der Waals surface area contributed by atoms with E-state index in [2.05, 4.69) is 10.0 Å². The predicted octanol–water partition coefficient (Wildman–Crippen LogP) is 2.02. The van der Waals surface area contributed by atoms with Gasteiger partial charge in [0.05, 0.1) is 15.4 Å². The fraction of sp³-hybridized carbons (Fsp3) is 0.667. The van der Waals surface area contributed by atoms with Gasteiger partial charge in [0.25, 0.3) is 5.69 Å². The van der Waals surface area contributed by atoms with Gasteiger partial charge in [0.15, 0.2) is 0 Å². The molecule has 0 spiro atoms. The molecular weight excluding hydrogens is 422 g/mol. The molecule has 4 saturated carbocycles. The quantitative estimate of drug-likeness (QED) is 0.447. The summed E-state index contributed by atoms with van der Waals surface area (Å²) >= 11 is 0. The molecule has 0 saturated heterocycles. The average molecular weight is 452 g/mol. The van der Waals surface area contributed by atoms with Gasteiger partial charge in [-0.05, 0) is 76.2 Å². The zero-order valence-electron chi connectivity index (χ0n) is 17.9. The smallest absolute Gasteiger partial charge is 0.270 e. The Bertz CT molecular complexity index is 1020. The van der Waals surface area contributed by atoms with Crippen LogP contribution in [-0.2, 0) is 14.8 Å². The van der Waals surface area contributed by atoms with Crippen molar-refractivity contribution in [2.45, 2.75) is 75.0 Å². The lowest BCUT2D eigenvalue weighted by Crippen LogP contribution is -2.65. The lowest BCUT2D eigenvalue weighted by molar-refractivity contribution is -0.385. The minimum atomic E-state index is -4.18. The van der Waals surface area contributed by atoms with E-state index in [0.717, 1.165) is 25.3 Å². The standard InChI is InChI=1S/C21H29N3O6S/c1-12-4-5-16(24(27)28)8-17(12)31(29,30)23-20(2,3)19(25)22-18-14-6-13-7-15(18)11-21(26,9-13)10-14/h4-5,8,13-15,18,23,26H,6-7,9-11H2,1-3H3,(H,22,25). The molecule has 4 fully saturated rings. The van der Waals surface area contributed by atoms with Crippen LogP contribution in [0.2, 0.25) is 0 Å². The van der Waals surface area contributed by atoms with Crippen LogP contribution in [0.4, 0.5) is 5.69 Å². The number of carbonyl (C=O) groups excluding carboxylic acids is 1. The summed E-state index contributed by atoms with van der Waals surface area (Å²) < 4.78 is 28.4. The van der Waals surface area contributed by atoms with Crippen LogP contribution in [0.3, 0.4) is 0 Å². The first-order valence-electron chi connectivity index (χ1n) is 10.6. The summed E-state index contributed by atoms with van der Waals surface area (Å²) in [6, 6.07) is 3.54. The largest absolute Gasteiger partial charge is 0.390 e. The van der Waals surface area contributed by atoms with Crippen molar-refractivity contribution in [2.24, 2.45) is 17.8 Å². The average Bonchev–Trinajstić information content (AvgIpc) is 2.62. The summed E-state index contributed by atoms with van der Waals surface area (Å²) in [6.07, 6.45) is 4.13. The zero-order valence-corrected chi connectivity index (χ0v) is 18.7. The topological polar surface area (TPSA) is 139 Å². The Morgan fingerprint density at radius 1 is 1.23 bits per heavy atom. The maximum absolute atomic E-state index is 13.1. The van der Waals surface area contributed by atoms with E-state index in [1.165, 1.54) is 26.0 Å². The number of rotatable bonds is 6. The van der Waals surface area contributed by atoms with E-state index in [0.29, 0.717) is 24.3 Å². The number of benzene rings is 1. The number of amides is 1. The van der Waals surface area contributed by atoms with Gasteiger partial charge in [-0.2, -0.15) is 4.72 Å². The molecule has 9 nitrogen and oxygen atoms in total. The third-order valence-electron chi connectivity index (χ3n) is 7.17. The summed E-state index contributed by atoms with van der Waals surface area (Å²) in [7, 11) is -4.18. The van der Waals surface area contributed by atoms with E-state index in [9.17, 15) is 28.4 Å². The predicted molar refractivity (Wildman–Crippen MR) is 113 cm³/mol. The Kier molecular flexibility index (Phi) is 5.18. The molecule has 0 aliphatic heterocycles. The van der Waals surface area contributed by atoms with Gasteiger partial charge in [-0.25, -0.2) is 8.42 Å². The first-order valence-corrected chi connectivity index (χ1v) is 12.1. The number of carbonyl (C=O) groups is 1. The molecule has 0 radical (unpaired) electrons. The number of hydrogen-bond donors (Lipinski definition) is 3. The fourth-order valence-corrected chi connectivity index (χ4v) is 7.62. The van der Waals surface area contributed by atoms with Gasteiger partial charge in [0.2, 0.25) is 15.9 Å². The van der Waals surface area contributed by atoms with Crippen LogP contribution in [-0.4, -0.2) is 41.5 Å². The van der Waals surface area contributed by atoms with Crippen LogP contribution in [0.5, 0.6) is 0 Å². The van der Waals surface area contributed by atoms with Gasteiger partial charge in [-0.15, -0.1) is 0 Å². The molecule has 1 amide bonds. The van der Waals surface area contributed by atoms with Crippen molar-refractivity contribution in [3.05, 3.63) is 33.9 Å². The Hall–Kier alpha value is -2.04. The van der Waals surface area contributed by atoms with Crippen molar-refractivity contribution in [1.29, 1.82) is 0 Å². The molecule has 1 aromatic carbocycles. The van der Waals surface area contributed by atoms with Crippen molar-refractivity contribution in [3.8, 4) is 0 Å². The second kappa shape index (κ2) is 7.25. The fourth-order valence-electron chi connectivity index (χ4n) is 5.98. The van der Waals surface area contributed by atoms with Crippen LogP contribution in [0, 0.1) is 34.8 Å². The molecule has 0 aromatic heterocycles. The molecule has 2 unspecified atom stereocenters. The number of nitro benzene ring substituents is 1. The Balaban J connectivity index is 1.50. The van der Waals surface area contributed by atoms with E-state index in [4.69, 9.17) is 0 Å². The molecule has 10 heteroatoms. The Morgan fingerprint density at radius 3 is 2.39 bits per heavy atom. The maximum Gasteiger partial charge on any atom is 0.270 e. The van der Waals surface area contributed by atoms with Gasteiger partial charge in [0, 0.05) is 18.2 Å². The molecule has 2 atom stereocenters. The van der Waals surface area contributed by atoms with Crippen LogP contribution in [0.25, 0.3) is 0 Å². The van der Waals surface area contributed by atoms with Crippen LogP contribution in [0.15, 0.2) is 23.1 Å². The van der Waals surface area contributed by atoms with Gasteiger partial charge < -0.3 is 10.4 Å². The Morgan fingerprint density at radius 2 is 1.84 bits per heavy atom. The normalized spacial score (nSPS) is 32.1. The molecule has 4 aliphatic rings. The van der Waals surface area contributed by atoms with Gasteiger partial charge in [0.1, 0.15) is 5.54 Å². The highest BCUT2D eigenvalue weighted by atomic mass is 32.2. The SMILES string of the molecule is Cc1ccc([N+](=O)[O-])cc1S(=O)(=O)NC(C)(C)C(=O)NC1C2CC3CC1CC(O)(C3)C2. The second-order valence-corrected chi connectivity index (χ2v) is 11.8. The van der Waals surface area contributed by atoms with E-state index in [-0.39, 0.29) is 28.5 Å². The first-order chi connectivity index (χ1) is 14.3. The lowest BCUT2D eigenvalue weighted by atomic mass is 9.52. The monoisotopic (exact) mass is 451 g/mol. The van der Waals surface area contributed by atoms with Crippen LogP contribution >= 0.6 is 0 Å². The van der Waals surface area contributed by atoms with Crippen molar-refractivity contribution in [2.75, 3.05) is 0 Å². The highest BCUT2D eigenvalue weighted by molar-refractivity contribution is 7.89. The third-order valence-corrected chi connectivity index (χ3v) is 8.97. The van der Waals surface area contributed by atoms with E-state index >= 15 is 0 Å². The van der Waals surface area contributed by atoms with Gasteiger partial charge in [-0.1, -0.05) is 6.07 Å². The minimum absolute atomic E-state index is 0.0762. The van der Waals surface area contributed by atoms with Crippen molar-refractivity contribution >= 4 is 21.6 Å². The number of hydrogen-bond acceptors (Lipinski definition) is 6. The summed E-state index contributed by atoms with van der Waals surface area (Å²) in [5.74, 6) is 0.459. The highest BCUT2D eigenvalue weighted by Crippen LogP contribution is 2.55. The molecule has 1 aromatic rings. The highest BCUT2D eigenvalue weighted by Gasteiger charge is 2.55. The lowest BCUT2D eigenvalue weighted by Gasteiger charge is -2.58. The van der Waals surface area contributed by atoms with Crippen molar-refractivity contribution in [1.82, 2.24) is 10.0 Å². The van der Waals surface area contributed by atoms with Gasteiger partial charge in [-0.3, -0.25) is 14.9 Å². The minimum Gasteiger partial charge on any atom is -0.390 e. The van der Waals surface area contributed by atoms with Crippen LogP contribution in [0.1, 0.15) is 51.5 Å². The third kappa shape index (κ3) is 4.08. The number of non-ortho nitro benzene ring substituents is 1. The first kappa shape index (κ1) is 22.2. The number of sulfonamides is 1. The van der Waals surface area contributed by atoms with E-state index in [1.807, 2.05) is 0 Å². The second-order valence-electron chi connectivity index (χ2n) is 10.1.